The molecule has 2 N–H and O–H groups in total. The van der Waals surface area contributed by atoms with Gasteiger partial charge in [0.1, 0.15) is 16.7 Å². The number of hydrogen-bond donors (Lipinski definition) is 2. The van der Waals surface area contributed by atoms with E-state index in [1.54, 1.807) is 25.3 Å². The molecule has 7 heteroatoms. The van der Waals surface area contributed by atoms with E-state index in [0.29, 0.717) is 11.3 Å². The van der Waals surface area contributed by atoms with Gasteiger partial charge >= 0.3 is 0 Å². The number of aromatic hydroxyl groups is 2. The summed E-state index contributed by atoms with van der Waals surface area (Å²) in [5.41, 5.74) is 0.593. The largest absolute Gasteiger partial charge is 0.504 e. The Morgan fingerprint density at radius 3 is 2.19 bits per heavy atom. The van der Waals surface area contributed by atoms with Crippen molar-refractivity contribution >= 4 is 11.0 Å². The van der Waals surface area contributed by atoms with Crippen molar-refractivity contribution in [3.8, 4) is 40.1 Å². The molecule has 0 atom stereocenters. The first-order valence-electron chi connectivity index (χ1n) is 7.71. The average molecular weight is 358 g/mol. The van der Waals surface area contributed by atoms with Crippen LogP contribution in [0.1, 0.15) is 5.56 Å². The van der Waals surface area contributed by atoms with E-state index in [9.17, 15) is 15.0 Å². The van der Waals surface area contributed by atoms with Gasteiger partial charge in [-0.25, -0.2) is 0 Å². The second kappa shape index (κ2) is 6.51. The Morgan fingerprint density at radius 1 is 0.923 bits per heavy atom. The molecule has 2 aromatic carbocycles. The highest BCUT2D eigenvalue weighted by molar-refractivity contribution is 5.91. The van der Waals surface area contributed by atoms with Crippen LogP contribution < -0.4 is 19.6 Å². The van der Waals surface area contributed by atoms with Crippen LogP contribution in [0.25, 0.3) is 22.3 Å². The van der Waals surface area contributed by atoms with Crippen LogP contribution in [-0.2, 0) is 0 Å². The minimum atomic E-state index is -0.770. The number of methoxy groups -OCH3 is 3. The van der Waals surface area contributed by atoms with Gasteiger partial charge in [0.15, 0.2) is 17.3 Å². The van der Waals surface area contributed by atoms with Gasteiger partial charge in [0.25, 0.3) is 0 Å². The van der Waals surface area contributed by atoms with Gasteiger partial charge in [-0.2, -0.15) is 0 Å². The van der Waals surface area contributed by atoms with Gasteiger partial charge in [-0.3, -0.25) is 4.79 Å². The molecule has 0 aliphatic heterocycles. The summed E-state index contributed by atoms with van der Waals surface area (Å²) >= 11 is 0. The molecule has 0 unspecified atom stereocenters. The Balaban J connectivity index is 2.34. The molecule has 0 saturated carbocycles. The monoisotopic (exact) mass is 358 g/mol. The van der Waals surface area contributed by atoms with E-state index in [1.807, 2.05) is 6.92 Å². The highest BCUT2D eigenvalue weighted by Crippen LogP contribution is 2.43. The first-order valence-corrected chi connectivity index (χ1v) is 7.71. The summed E-state index contributed by atoms with van der Waals surface area (Å²) in [6.07, 6.45) is 0. The Hall–Kier alpha value is -3.35. The van der Waals surface area contributed by atoms with Crippen LogP contribution in [0.5, 0.6) is 28.7 Å². The van der Waals surface area contributed by atoms with Crippen molar-refractivity contribution in [3.63, 3.8) is 0 Å². The number of phenolic OH excluding ortho intramolecular Hbond substituents is 1. The fourth-order valence-corrected chi connectivity index (χ4v) is 2.85. The number of benzene rings is 2. The van der Waals surface area contributed by atoms with Crippen molar-refractivity contribution in [2.45, 2.75) is 6.92 Å². The maximum absolute atomic E-state index is 12.6. The lowest BCUT2D eigenvalue weighted by Crippen LogP contribution is -2.04. The minimum absolute atomic E-state index is 0.0140. The van der Waals surface area contributed by atoms with Crippen LogP contribution in [0.2, 0.25) is 0 Å². The molecule has 0 saturated heterocycles. The number of hydrogen-bond acceptors (Lipinski definition) is 7. The number of phenols is 1. The van der Waals surface area contributed by atoms with Gasteiger partial charge in [-0.05, 0) is 30.7 Å². The van der Waals surface area contributed by atoms with Gasteiger partial charge in [-0.15, -0.1) is 0 Å². The third-order valence-electron chi connectivity index (χ3n) is 4.13. The predicted molar refractivity (Wildman–Crippen MR) is 95.6 cm³/mol. The van der Waals surface area contributed by atoms with Gasteiger partial charge in [0, 0.05) is 11.6 Å². The average Bonchev–Trinajstić information content (AvgIpc) is 2.63. The van der Waals surface area contributed by atoms with Gasteiger partial charge < -0.3 is 28.8 Å². The van der Waals surface area contributed by atoms with Crippen LogP contribution in [-0.4, -0.2) is 31.5 Å². The molecular formula is C19H18O7. The number of rotatable bonds is 4. The number of aryl methyl sites for hydroxylation is 1. The van der Waals surface area contributed by atoms with Crippen LogP contribution in [0.3, 0.4) is 0 Å². The maximum atomic E-state index is 12.6. The zero-order valence-corrected chi connectivity index (χ0v) is 14.7. The fourth-order valence-electron chi connectivity index (χ4n) is 2.85. The molecule has 26 heavy (non-hydrogen) atoms. The quantitative estimate of drug-likeness (QED) is 0.739. The molecule has 1 heterocycles. The summed E-state index contributed by atoms with van der Waals surface area (Å²) in [6, 6.07) is 6.52. The first-order chi connectivity index (χ1) is 12.4. The van der Waals surface area contributed by atoms with Crippen LogP contribution in [0, 0.1) is 6.92 Å². The lowest BCUT2D eigenvalue weighted by atomic mass is 10.1. The third kappa shape index (κ3) is 2.57. The molecular weight excluding hydrogens is 340 g/mol. The van der Waals surface area contributed by atoms with E-state index in [4.69, 9.17) is 18.6 Å². The lowest BCUT2D eigenvalue weighted by Gasteiger charge is -2.13. The molecule has 136 valence electrons. The standard InChI is InChI=1S/C19H18O7/c1-9-7-10(5-6-11(9)23-2)18-17(22)15(20)14-12(26-18)8-13(24-3)19(25-4)16(14)21/h5-8,21-22H,1-4H3. The molecule has 0 fully saturated rings. The van der Waals surface area contributed by atoms with E-state index in [0.717, 1.165) is 5.56 Å². The van der Waals surface area contributed by atoms with Crippen LogP contribution in [0.4, 0.5) is 0 Å². The first kappa shape index (κ1) is 17.5. The summed E-state index contributed by atoms with van der Waals surface area (Å²) < 4.78 is 21.2. The van der Waals surface area contributed by atoms with E-state index >= 15 is 0 Å². The molecule has 0 aliphatic carbocycles. The number of fused-ring (bicyclic) bond motifs is 1. The molecule has 0 aliphatic rings. The van der Waals surface area contributed by atoms with Crippen molar-refractivity contribution < 1.29 is 28.8 Å². The zero-order chi connectivity index (χ0) is 19.0. The van der Waals surface area contributed by atoms with Crippen molar-refractivity contribution in [1.29, 1.82) is 0 Å². The van der Waals surface area contributed by atoms with E-state index in [1.165, 1.54) is 20.3 Å². The summed E-state index contributed by atoms with van der Waals surface area (Å²) in [7, 11) is 4.28. The normalized spacial score (nSPS) is 10.8. The van der Waals surface area contributed by atoms with Crippen LogP contribution >= 0.6 is 0 Å². The molecule has 0 radical (unpaired) electrons. The van der Waals surface area contributed by atoms with Crippen molar-refractivity contribution in [2.75, 3.05) is 21.3 Å². The molecule has 3 aromatic rings. The fraction of sp³-hybridized carbons (Fsp3) is 0.211. The van der Waals surface area contributed by atoms with Gasteiger partial charge in [-0.1, -0.05) is 0 Å². The SMILES string of the molecule is COc1ccc(-c2oc3cc(OC)c(OC)c(O)c3c(=O)c2O)cc1C. The minimum Gasteiger partial charge on any atom is -0.504 e. The topological polar surface area (TPSA) is 98.4 Å². The molecule has 7 nitrogen and oxygen atoms in total. The Labute approximate surface area is 149 Å². The molecule has 0 amide bonds. The zero-order valence-electron chi connectivity index (χ0n) is 14.7. The highest BCUT2D eigenvalue weighted by Gasteiger charge is 2.23. The van der Waals surface area contributed by atoms with E-state index in [2.05, 4.69) is 0 Å². The second-order valence-electron chi connectivity index (χ2n) is 5.63. The van der Waals surface area contributed by atoms with E-state index < -0.39 is 16.9 Å². The molecule has 0 spiro atoms. The Morgan fingerprint density at radius 2 is 1.62 bits per heavy atom. The summed E-state index contributed by atoms with van der Waals surface area (Å²) in [4.78, 5) is 12.6. The summed E-state index contributed by atoms with van der Waals surface area (Å²) in [5, 5.41) is 20.5. The van der Waals surface area contributed by atoms with Crippen LogP contribution in [0.15, 0.2) is 33.5 Å². The third-order valence-corrected chi connectivity index (χ3v) is 4.13. The molecule has 0 bridgehead atoms. The summed E-state index contributed by atoms with van der Waals surface area (Å²) in [6.45, 7) is 1.83. The Kier molecular flexibility index (Phi) is 4.38. The molecule has 1 aromatic heterocycles. The van der Waals surface area contributed by atoms with E-state index in [-0.39, 0.29) is 28.2 Å². The van der Waals surface area contributed by atoms with Gasteiger partial charge in [0.05, 0.1) is 21.3 Å². The molecule has 3 rings (SSSR count). The lowest BCUT2D eigenvalue weighted by molar-refractivity contribution is 0.334. The predicted octanol–water partition coefficient (Wildman–Crippen LogP) is 3.21. The smallest absolute Gasteiger partial charge is 0.238 e. The van der Waals surface area contributed by atoms with Crippen molar-refractivity contribution in [3.05, 3.63) is 40.1 Å². The van der Waals surface area contributed by atoms with Crippen molar-refractivity contribution in [2.24, 2.45) is 0 Å². The second-order valence-corrected chi connectivity index (χ2v) is 5.63. The summed E-state index contributed by atoms with van der Waals surface area (Å²) in [5.74, 6) is -0.226. The maximum Gasteiger partial charge on any atom is 0.238 e. The van der Waals surface area contributed by atoms with Crippen molar-refractivity contribution in [1.82, 2.24) is 0 Å². The van der Waals surface area contributed by atoms with Gasteiger partial charge in [0.2, 0.25) is 16.9 Å². The Bertz CT molecular complexity index is 1050. The number of ether oxygens (including phenoxy) is 3. The highest BCUT2D eigenvalue weighted by atomic mass is 16.5.